The number of benzene rings is 3. The zero-order valence-corrected chi connectivity index (χ0v) is 18.9. The zero-order valence-electron chi connectivity index (χ0n) is 18.1. The van der Waals surface area contributed by atoms with Crippen molar-refractivity contribution in [2.45, 2.75) is 24.8 Å². The van der Waals surface area contributed by atoms with Crippen LogP contribution in [0, 0.1) is 0 Å². The van der Waals surface area contributed by atoms with Crippen molar-refractivity contribution < 1.29 is 13.2 Å². The summed E-state index contributed by atoms with van der Waals surface area (Å²) in [6, 6.07) is 22.8. The summed E-state index contributed by atoms with van der Waals surface area (Å²) in [5.41, 5.74) is 2.73. The van der Waals surface area contributed by atoms with Crippen molar-refractivity contribution >= 4 is 44.3 Å². The second kappa shape index (κ2) is 9.25. The molecule has 0 spiro atoms. The molecule has 0 radical (unpaired) electrons. The Morgan fingerprint density at radius 3 is 2.00 bits per heavy atom. The van der Waals surface area contributed by atoms with Crippen LogP contribution in [0.15, 0.2) is 83.8 Å². The van der Waals surface area contributed by atoms with Crippen LogP contribution in [0.3, 0.4) is 0 Å². The molecule has 9 heteroatoms. The smallest absolute Gasteiger partial charge is 0.263 e. The van der Waals surface area contributed by atoms with Gasteiger partial charge in [0, 0.05) is 12.6 Å². The van der Waals surface area contributed by atoms with Gasteiger partial charge in [-0.05, 0) is 48.9 Å². The summed E-state index contributed by atoms with van der Waals surface area (Å²) in [4.78, 5) is 20.4. The van der Waals surface area contributed by atoms with E-state index in [0.29, 0.717) is 22.5 Å². The van der Waals surface area contributed by atoms with E-state index in [1.165, 1.54) is 31.2 Å². The lowest BCUT2D eigenvalue weighted by Crippen LogP contribution is -2.18. The summed E-state index contributed by atoms with van der Waals surface area (Å²) in [6.07, 6.45) is 0. The van der Waals surface area contributed by atoms with E-state index in [1.54, 1.807) is 6.07 Å². The fraction of sp³-hybridized carbons (Fsp3) is 0.125. The number of anilines is 3. The summed E-state index contributed by atoms with van der Waals surface area (Å²) in [5.74, 6) is 0.185. The van der Waals surface area contributed by atoms with Gasteiger partial charge in [-0.25, -0.2) is 18.4 Å². The Morgan fingerprint density at radius 2 is 1.39 bits per heavy atom. The standard InChI is InChI=1S/C24H23N5O3S/c1-16(18-8-4-3-5-9-18)25-23-24(28-22-11-7-6-10-21(22)27-23)29-33(31,32)20-14-12-19(13-15-20)26-17(2)30/h3-16H,1-2H3,(H,25,27)(H,26,30)(H,28,29). The first-order valence-electron chi connectivity index (χ1n) is 10.3. The molecule has 4 rings (SSSR count). The monoisotopic (exact) mass is 461 g/mol. The molecule has 0 aliphatic rings. The molecule has 1 aromatic heterocycles. The minimum absolute atomic E-state index is 0.0358. The fourth-order valence-electron chi connectivity index (χ4n) is 3.31. The van der Waals surface area contributed by atoms with E-state index in [9.17, 15) is 13.2 Å². The molecule has 0 bridgehead atoms. The number of hydrogen-bond donors (Lipinski definition) is 3. The number of fused-ring (bicyclic) bond motifs is 1. The van der Waals surface area contributed by atoms with Crippen molar-refractivity contribution in [2.75, 3.05) is 15.4 Å². The molecular weight excluding hydrogens is 438 g/mol. The van der Waals surface area contributed by atoms with Gasteiger partial charge >= 0.3 is 0 Å². The van der Waals surface area contributed by atoms with Crippen molar-refractivity contribution in [1.29, 1.82) is 0 Å². The zero-order chi connectivity index (χ0) is 23.4. The molecule has 0 aliphatic carbocycles. The van der Waals surface area contributed by atoms with Crippen molar-refractivity contribution in [2.24, 2.45) is 0 Å². The van der Waals surface area contributed by atoms with Crippen LogP contribution in [0.5, 0.6) is 0 Å². The van der Waals surface area contributed by atoms with Crippen LogP contribution in [-0.4, -0.2) is 24.3 Å². The molecule has 3 aromatic carbocycles. The molecular formula is C24H23N5O3S. The molecule has 0 aliphatic heterocycles. The number of sulfonamides is 1. The Hall–Kier alpha value is -3.98. The van der Waals surface area contributed by atoms with Gasteiger partial charge in [-0.3, -0.25) is 9.52 Å². The van der Waals surface area contributed by atoms with Gasteiger partial charge < -0.3 is 10.6 Å². The second-order valence-corrected chi connectivity index (χ2v) is 9.18. The average molecular weight is 462 g/mol. The van der Waals surface area contributed by atoms with Gasteiger partial charge in [0.25, 0.3) is 10.0 Å². The molecule has 33 heavy (non-hydrogen) atoms. The Balaban J connectivity index is 1.68. The van der Waals surface area contributed by atoms with Crippen molar-refractivity contribution in [3.8, 4) is 0 Å². The lowest BCUT2D eigenvalue weighted by molar-refractivity contribution is -0.114. The van der Waals surface area contributed by atoms with Gasteiger partial charge in [0.1, 0.15) is 0 Å². The summed E-state index contributed by atoms with van der Waals surface area (Å²) in [7, 11) is -3.96. The summed E-state index contributed by atoms with van der Waals surface area (Å²) in [5, 5.41) is 5.89. The van der Waals surface area contributed by atoms with Crippen LogP contribution in [0.4, 0.5) is 17.3 Å². The van der Waals surface area contributed by atoms with E-state index < -0.39 is 10.0 Å². The van der Waals surface area contributed by atoms with Crippen LogP contribution in [0.25, 0.3) is 11.0 Å². The predicted molar refractivity (Wildman–Crippen MR) is 130 cm³/mol. The van der Waals surface area contributed by atoms with Crippen molar-refractivity contribution in [1.82, 2.24) is 9.97 Å². The minimum Gasteiger partial charge on any atom is -0.360 e. The second-order valence-electron chi connectivity index (χ2n) is 7.50. The Bertz CT molecular complexity index is 1390. The summed E-state index contributed by atoms with van der Waals surface area (Å²) in [6.45, 7) is 3.35. The number of carbonyl (C=O) groups is 1. The maximum absolute atomic E-state index is 13.1. The number of nitrogens with one attached hydrogen (secondary N) is 3. The first kappa shape index (κ1) is 22.2. The Labute approximate surface area is 192 Å². The van der Waals surface area contributed by atoms with E-state index in [1.807, 2.05) is 55.5 Å². The number of carbonyl (C=O) groups excluding carboxylic acids is 1. The molecule has 1 heterocycles. The average Bonchev–Trinajstić information content (AvgIpc) is 2.80. The molecule has 0 saturated carbocycles. The molecule has 168 valence electrons. The van der Waals surface area contributed by atoms with Crippen LogP contribution < -0.4 is 15.4 Å². The number of nitrogens with zero attached hydrogens (tertiary/aromatic N) is 2. The van der Waals surface area contributed by atoms with Crippen LogP contribution in [-0.2, 0) is 14.8 Å². The van der Waals surface area contributed by atoms with Gasteiger partial charge in [-0.15, -0.1) is 0 Å². The van der Waals surface area contributed by atoms with E-state index in [4.69, 9.17) is 0 Å². The number of aromatic nitrogens is 2. The maximum Gasteiger partial charge on any atom is 0.263 e. The Morgan fingerprint density at radius 1 is 0.818 bits per heavy atom. The topological polar surface area (TPSA) is 113 Å². The van der Waals surface area contributed by atoms with Crippen LogP contribution >= 0.6 is 0 Å². The number of amides is 1. The quantitative estimate of drug-likeness (QED) is 0.372. The normalized spacial score (nSPS) is 12.2. The first-order valence-corrected chi connectivity index (χ1v) is 11.8. The first-order chi connectivity index (χ1) is 15.8. The lowest BCUT2D eigenvalue weighted by atomic mass is 10.1. The van der Waals surface area contributed by atoms with E-state index >= 15 is 0 Å². The molecule has 0 fully saturated rings. The van der Waals surface area contributed by atoms with Crippen LogP contribution in [0.1, 0.15) is 25.5 Å². The number of hydrogen-bond acceptors (Lipinski definition) is 6. The number of para-hydroxylation sites is 2. The fourth-order valence-corrected chi connectivity index (χ4v) is 4.32. The van der Waals surface area contributed by atoms with E-state index in [0.717, 1.165) is 5.56 Å². The molecule has 1 atom stereocenters. The third-order valence-electron chi connectivity index (χ3n) is 4.94. The predicted octanol–water partition coefficient (Wildman–Crippen LogP) is 4.56. The van der Waals surface area contributed by atoms with Gasteiger partial charge in [-0.1, -0.05) is 42.5 Å². The van der Waals surface area contributed by atoms with Gasteiger partial charge in [0.05, 0.1) is 22.0 Å². The van der Waals surface area contributed by atoms with E-state index in [2.05, 4.69) is 25.3 Å². The van der Waals surface area contributed by atoms with Crippen molar-refractivity contribution in [3.63, 3.8) is 0 Å². The summed E-state index contributed by atoms with van der Waals surface area (Å²) >= 11 is 0. The largest absolute Gasteiger partial charge is 0.360 e. The third kappa shape index (κ3) is 5.27. The highest BCUT2D eigenvalue weighted by atomic mass is 32.2. The highest BCUT2D eigenvalue weighted by molar-refractivity contribution is 7.92. The van der Waals surface area contributed by atoms with E-state index in [-0.39, 0.29) is 22.7 Å². The molecule has 1 amide bonds. The van der Waals surface area contributed by atoms with Crippen molar-refractivity contribution in [3.05, 3.63) is 84.4 Å². The number of rotatable bonds is 7. The van der Waals surface area contributed by atoms with Gasteiger partial charge in [0.15, 0.2) is 11.6 Å². The molecule has 4 aromatic rings. The maximum atomic E-state index is 13.1. The Kier molecular flexibility index (Phi) is 6.23. The highest BCUT2D eigenvalue weighted by Crippen LogP contribution is 2.28. The van der Waals surface area contributed by atoms with Crippen LogP contribution in [0.2, 0.25) is 0 Å². The van der Waals surface area contributed by atoms with Gasteiger partial charge in [-0.2, -0.15) is 0 Å². The SMILES string of the molecule is CC(=O)Nc1ccc(S(=O)(=O)Nc2nc3ccccc3nc2NC(C)c2ccccc2)cc1. The molecule has 8 nitrogen and oxygen atoms in total. The molecule has 3 N–H and O–H groups in total. The third-order valence-corrected chi connectivity index (χ3v) is 6.29. The lowest BCUT2D eigenvalue weighted by Gasteiger charge is -2.18. The highest BCUT2D eigenvalue weighted by Gasteiger charge is 2.20. The minimum atomic E-state index is -3.96. The van der Waals surface area contributed by atoms with Gasteiger partial charge in [0.2, 0.25) is 5.91 Å². The molecule has 0 saturated heterocycles. The molecule has 1 unspecified atom stereocenters. The summed E-state index contributed by atoms with van der Waals surface area (Å²) < 4.78 is 28.7.